The first kappa shape index (κ1) is 14.1. The SMILES string of the molecule is CC(C1CC1)C(C)(C)F.Cc1cc(C)ncn1. The lowest BCUT2D eigenvalue weighted by atomic mass is 9.90. The van der Waals surface area contributed by atoms with Gasteiger partial charge in [0.1, 0.15) is 12.0 Å². The van der Waals surface area contributed by atoms with Crippen LogP contribution in [0.2, 0.25) is 0 Å². The number of hydrogen-bond acceptors (Lipinski definition) is 2. The van der Waals surface area contributed by atoms with E-state index in [1.54, 1.807) is 20.2 Å². The van der Waals surface area contributed by atoms with E-state index in [4.69, 9.17) is 0 Å². The maximum absolute atomic E-state index is 13.1. The Morgan fingerprint density at radius 2 is 1.71 bits per heavy atom. The van der Waals surface area contributed by atoms with Crippen LogP contribution < -0.4 is 0 Å². The molecule has 0 spiro atoms. The van der Waals surface area contributed by atoms with Gasteiger partial charge in [0.25, 0.3) is 0 Å². The molecule has 1 aliphatic carbocycles. The zero-order chi connectivity index (χ0) is 13.1. The lowest BCUT2D eigenvalue weighted by Gasteiger charge is -2.22. The van der Waals surface area contributed by atoms with Crippen LogP contribution in [0.3, 0.4) is 0 Å². The van der Waals surface area contributed by atoms with Crippen molar-refractivity contribution in [3.05, 3.63) is 23.8 Å². The molecular weight excluding hydrogens is 215 g/mol. The van der Waals surface area contributed by atoms with Crippen molar-refractivity contribution in [3.63, 3.8) is 0 Å². The third-order valence-electron chi connectivity index (χ3n) is 3.35. The highest BCUT2D eigenvalue weighted by atomic mass is 19.1. The van der Waals surface area contributed by atoms with Crippen LogP contribution in [0.1, 0.15) is 45.0 Å². The molecule has 1 heterocycles. The Hall–Kier alpha value is -0.990. The maximum Gasteiger partial charge on any atom is 0.115 e. The fourth-order valence-corrected chi connectivity index (χ4v) is 1.74. The molecule has 0 aromatic carbocycles. The summed E-state index contributed by atoms with van der Waals surface area (Å²) in [6.45, 7) is 9.27. The summed E-state index contributed by atoms with van der Waals surface area (Å²) in [6.07, 6.45) is 4.06. The van der Waals surface area contributed by atoms with Crippen LogP contribution in [0.5, 0.6) is 0 Å². The Bertz CT molecular complexity index is 336. The Morgan fingerprint density at radius 3 is 1.88 bits per heavy atom. The first-order valence-corrected chi connectivity index (χ1v) is 6.25. The van der Waals surface area contributed by atoms with Crippen LogP contribution in [-0.2, 0) is 0 Å². The number of halogens is 1. The summed E-state index contributed by atoms with van der Waals surface area (Å²) in [7, 11) is 0. The van der Waals surface area contributed by atoms with Gasteiger partial charge in [0, 0.05) is 11.4 Å². The van der Waals surface area contributed by atoms with E-state index in [0.717, 1.165) is 11.4 Å². The van der Waals surface area contributed by atoms with Gasteiger partial charge < -0.3 is 0 Å². The van der Waals surface area contributed by atoms with Gasteiger partial charge in [0.05, 0.1) is 0 Å². The average molecular weight is 238 g/mol. The van der Waals surface area contributed by atoms with Crippen molar-refractivity contribution in [2.24, 2.45) is 11.8 Å². The van der Waals surface area contributed by atoms with Gasteiger partial charge in [-0.25, -0.2) is 14.4 Å². The van der Waals surface area contributed by atoms with Crippen molar-refractivity contribution in [2.45, 2.75) is 53.1 Å². The minimum atomic E-state index is -0.957. The lowest BCUT2D eigenvalue weighted by molar-refractivity contribution is 0.121. The molecule has 1 unspecified atom stereocenters. The fourth-order valence-electron chi connectivity index (χ4n) is 1.74. The number of hydrogen-bond donors (Lipinski definition) is 0. The standard InChI is InChI=1S/C8H15F.C6H8N2/c1-6(7-4-5-7)8(2,3)9;1-5-3-6(2)8-4-7-5/h6-7H,4-5H2,1-3H3;3-4H,1-2H3. The normalized spacial score (nSPS) is 17.1. The zero-order valence-corrected chi connectivity index (χ0v) is 11.5. The summed E-state index contributed by atoms with van der Waals surface area (Å²) in [5.74, 6) is 0.947. The largest absolute Gasteiger partial charge is 0.244 e. The van der Waals surface area contributed by atoms with E-state index in [9.17, 15) is 4.39 Å². The average Bonchev–Trinajstić information content (AvgIpc) is 2.98. The predicted molar refractivity (Wildman–Crippen MR) is 68.6 cm³/mol. The fraction of sp³-hybridized carbons (Fsp3) is 0.714. The van der Waals surface area contributed by atoms with E-state index in [2.05, 4.69) is 9.97 Å². The van der Waals surface area contributed by atoms with Gasteiger partial charge in [-0.1, -0.05) is 6.92 Å². The molecule has 2 nitrogen and oxygen atoms in total. The van der Waals surface area contributed by atoms with E-state index in [1.165, 1.54) is 12.8 Å². The zero-order valence-electron chi connectivity index (χ0n) is 11.5. The number of alkyl halides is 1. The first-order chi connectivity index (χ1) is 7.80. The van der Waals surface area contributed by atoms with Crippen molar-refractivity contribution in [1.82, 2.24) is 9.97 Å². The Kier molecular flexibility index (Phi) is 4.61. The molecule has 1 aromatic heterocycles. The monoisotopic (exact) mass is 238 g/mol. The second kappa shape index (κ2) is 5.56. The minimum absolute atomic E-state index is 0.262. The summed E-state index contributed by atoms with van der Waals surface area (Å²) in [6, 6.07) is 1.94. The van der Waals surface area contributed by atoms with Gasteiger partial charge in [-0.2, -0.15) is 0 Å². The first-order valence-electron chi connectivity index (χ1n) is 6.25. The highest BCUT2D eigenvalue weighted by Crippen LogP contribution is 2.42. The second-order valence-corrected chi connectivity index (χ2v) is 5.49. The summed E-state index contributed by atoms with van der Waals surface area (Å²) in [5.41, 5.74) is 1.09. The molecule has 96 valence electrons. The molecule has 0 aliphatic heterocycles. The summed E-state index contributed by atoms with van der Waals surface area (Å²) < 4.78 is 13.1. The number of aromatic nitrogens is 2. The lowest BCUT2D eigenvalue weighted by Crippen LogP contribution is -2.24. The van der Waals surface area contributed by atoms with Crippen molar-refractivity contribution in [2.75, 3.05) is 0 Å². The van der Waals surface area contributed by atoms with Crippen LogP contribution in [0, 0.1) is 25.7 Å². The van der Waals surface area contributed by atoms with Gasteiger partial charge in [-0.3, -0.25) is 0 Å². The Morgan fingerprint density at radius 1 is 1.24 bits per heavy atom. The van der Waals surface area contributed by atoms with Crippen LogP contribution in [0.4, 0.5) is 4.39 Å². The highest BCUT2D eigenvalue weighted by Gasteiger charge is 2.37. The quantitative estimate of drug-likeness (QED) is 0.781. The van der Waals surface area contributed by atoms with Gasteiger partial charge in [-0.15, -0.1) is 0 Å². The molecule has 2 rings (SSSR count). The van der Waals surface area contributed by atoms with Crippen molar-refractivity contribution < 1.29 is 4.39 Å². The molecular formula is C14H23FN2. The van der Waals surface area contributed by atoms with E-state index in [-0.39, 0.29) is 5.92 Å². The van der Waals surface area contributed by atoms with Crippen molar-refractivity contribution in [3.8, 4) is 0 Å². The molecule has 1 aromatic rings. The molecule has 0 saturated heterocycles. The van der Waals surface area contributed by atoms with E-state index >= 15 is 0 Å². The van der Waals surface area contributed by atoms with Crippen LogP contribution >= 0.6 is 0 Å². The molecule has 0 N–H and O–H groups in total. The predicted octanol–water partition coefficient (Wildman–Crippen LogP) is 3.87. The number of rotatable bonds is 2. The van der Waals surface area contributed by atoms with Gasteiger partial charge in [0.2, 0.25) is 0 Å². The highest BCUT2D eigenvalue weighted by molar-refractivity contribution is 5.03. The Balaban J connectivity index is 0.000000171. The topological polar surface area (TPSA) is 25.8 Å². The smallest absolute Gasteiger partial charge is 0.115 e. The van der Waals surface area contributed by atoms with Crippen LogP contribution in [0.25, 0.3) is 0 Å². The molecule has 0 radical (unpaired) electrons. The number of nitrogens with zero attached hydrogens (tertiary/aromatic N) is 2. The Labute approximate surface area is 104 Å². The van der Waals surface area contributed by atoms with Crippen LogP contribution in [-0.4, -0.2) is 15.6 Å². The van der Waals surface area contributed by atoms with Crippen molar-refractivity contribution >= 4 is 0 Å². The third-order valence-corrected chi connectivity index (χ3v) is 3.35. The minimum Gasteiger partial charge on any atom is -0.244 e. The molecule has 17 heavy (non-hydrogen) atoms. The van der Waals surface area contributed by atoms with E-state index < -0.39 is 5.67 Å². The molecule has 1 aliphatic rings. The molecule has 1 saturated carbocycles. The summed E-state index contributed by atoms with van der Waals surface area (Å²) >= 11 is 0. The molecule has 1 atom stereocenters. The van der Waals surface area contributed by atoms with E-state index in [0.29, 0.717) is 5.92 Å². The summed E-state index contributed by atoms with van der Waals surface area (Å²) in [4.78, 5) is 7.86. The van der Waals surface area contributed by atoms with Crippen LogP contribution in [0.15, 0.2) is 12.4 Å². The molecule has 3 heteroatoms. The number of aryl methyl sites for hydroxylation is 2. The summed E-state index contributed by atoms with van der Waals surface area (Å²) in [5, 5.41) is 0. The van der Waals surface area contributed by atoms with Gasteiger partial charge in [-0.05, 0) is 58.4 Å². The molecule has 0 amide bonds. The third kappa shape index (κ3) is 5.24. The second-order valence-electron chi connectivity index (χ2n) is 5.49. The van der Waals surface area contributed by atoms with Crippen molar-refractivity contribution in [1.29, 1.82) is 0 Å². The van der Waals surface area contributed by atoms with Gasteiger partial charge in [0.15, 0.2) is 0 Å². The maximum atomic E-state index is 13.1. The molecule has 1 fully saturated rings. The van der Waals surface area contributed by atoms with Gasteiger partial charge >= 0.3 is 0 Å². The van der Waals surface area contributed by atoms with E-state index in [1.807, 2.05) is 26.8 Å². The molecule has 0 bridgehead atoms.